The van der Waals surface area contributed by atoms with Gasteiger partial charge in [-0.3, -0.25) is 4.79 Å². The number of para-hydroxylation sites is 2. The van der Waals surface area contributed by atoms with Gasteiger partial charge < -0.3 is 4.42 Å². The Morgan fingerprint density at radius 1 is 0.880 bits per heavy atom. The van der Waals surface area contributed by atoms with E-state index in [-0.39, 0.29) is 5.78 Å². The highest BCUT2D eigenvalue weighted by molar-refractivity contribution is 6.12. The number of nitrogens with zero attached hydrogens (tertiary/aromatic N) is 1. The molecular weight excluding hydrogens is 310 g/mol. The van der Waals surface area contributed by atoms with Crippen LogP contribution in [0.2, 0.25) is 0 Å². The first-order valence-corrected chi connectivity index (χ1v) is 8.20. The van der Waals surface area contributed by atoms with Crippen LogP contribution in [0.4, 0.5) is 0 Å². The normalized spacial score (nSPS) is 11.0. The minimum Gasteiger partial charge on any atom is -0.436 e. The molecule has 3 nitrogen and oxygen atoms in total. The Bertz CT molecular complexity index is 1040. The number of hydrogen-bond donors (Lipinski definition) is 0. The number of benzene rings is 3. The Morgan fingerprint density at radius 3 is 2.36 bits per heavy atom. The summed E-state index contributed by atoms with van der Waals surface area (Å²) in [5.74, 6) is 0.442. The van der Waals surface area contributed by atoms with Crippen LogP contribution in [0.3, 0.4) is 0 Å². The van der Waals surface area contributed by atoms with Crippen LogP contribution >= 0.6 is 0 Å². The van der Waals surface area contributed by atoms with E-state index in [0.717, 1.165) is 22.2 Å². The standard InChI is InChI=1S/C22H17NO2/c1-14-7-10-16(11-8-14)21(24)17-12-9-15(2)13-18(17)22-23-19-5-3-4-6-20(19)25-22/h3-13H,1-2H3. The number of hydrogen-bond acceptors (Lipinski definition) is 3. The maximum atomic E-state index is 13.0. The van der Waals surface area contributed by atoms with E-state index in [4.69, 9.17) is 4.42 Å². The zero-order valence-corrected chi connectivity index (χ0v) is 14.1. The molecule has 0 amide bonds. The van der Waals surface area contributed by atoms with Crippen molar-refractivity contribution in [3.8, 4) is 11.5 Å². The number of fused-ring (bicyclic) bond motifs is 1. The predicted molar refractivity (Wildman–Crippen MR) is 98.8 cm³/mol. The zero-order chi connectivity index (χ0) is 17.4. The molecule has 0 saturated carbocycles. The van der Waals surface area contributed by atoms with Crippen LogP contribution in [0.5, 0.6) is 0 Å². The van der Waals surface area contributed by atoms with Crippen molar-refractivity contribution in [2.24, 2.45) is 0 Å². The van der Waals surface area contributed by atoms with Crippen molar-refractivity contribution in [2.75, 3.05) is 0 Å². The van der Waals surface area contributed by atoms with Gasteiger partial charge in [-0.15, -0.1) is 0 Å². The van der Waals surface area contributed by atoms with Gasteiger partial charge >= 0.3 is 0 Å². The molecule has 0 atom stereocenters. The second-order valence-corrected chi connectivity index (χ2v) is 6.23. The number of oxazole rings is 1. The van der Waals surface area contributed by atoms with Crippen LogP contribution in [0.25, 0.3) is 22.6 Å². The highest BCUT2D eigenvalue weighted by Crippen LogP contribution is 2.29. The predicted octanol–water partition coefficient (Wildman–Crippen LogP) is 5.34. The molecule has 4 rings (SSSR count). The molecule has 0 fully saturated rings. The third-order valence-electron chi connectivity index (χ3n) is 4.26. The summed E-state index contributed by atoms with van der Waals surface area (Å²) in [5, 5.41) is 0. The lowest BCUT2D eigenvalue weighted by atomic mass is 9.96. The van der Waals surface area contributed by atoms with Crippen LogP contribution in [0, 0.1) is 13.8 Å². The highest BCUT2D eigenvalue weighted by atomic mass is 16.3. The van der Waals surface area contributed by atoms with Gasteiger partial charge in [0.15, 0.2) is 11.4 Å². The molecule has 0 radical (unpaired) electrons. The summed E-state index contributed by atoms with van der Waals surface area (Å²) in [6, 6.07) is 20.9. The quantitative estimate of drug-likeness (QED) is 0.477. The summed E-state index contributed by atoms with van der Waals surface area (Å²) in [6.45, 7) is 4.00. The van der Waals surface area contributed by atoms with E-state index in [0.29, 0.717) is 22.6 Å². The molecule has 3 aromatic carbocycles. The molecule has 122 valence electrons. The van der Waals surface area contributed by atoms with Gasteiger partial charge in [-0.25, -0.2) is 4.98 Å². The van der Waals surface area contributed by atoms with Crippen molar-refractivity contribution >= 4 is 16.9 Å². The lowest BCUT2D eigenvalue weighted by molar-refractivity contribution is 0.103. The second kappa shape index (κ2) is 6.02. The molecule has 25 heavy (non-hydrogen) atoms. The smallest absolute Gasteiger partial charge is 0.228 e. The van der Waals surface area contributed by atoms with Gasteiger partial charge in [0.25, 0.3) is 0 Å². The first-order valence-electron chi connectivity index (χ1n) is 8.20. The number of rotatable bonds is 3. The number of carbonyl (C=O) groups is 1. The Balaban J connectivity index is 1.86. The third-order valence-corrected chi connectivity index (χ3v) is 4.26. The average molecular weight is 327 g/mol. The molecule has 0 bridgehead atoms. The SMILES string of the molecule is Cc1ccc(C(=O)c2ccc(C)cc2-c2nc3ccccc3o2)cc1. The van der Waals surface area contributed by atoms with Crippen molar-refractivity contribution < 1.29 is 9.21 Å². The molecular formula is C22H17NO2. The molecule has 0 N–H and O–H groups in total. The van der Waals surface area contributed by atoms with E-state index in [1.165, 1.54) is 0 Å². The molecule has 1 heterocycles. The van der Waals surface area contributed by atoms with Gasteiger partial charge in [0.05, 0.1) is 0 Å². The maximum Gasteiger partial charge on any atom is 0.228 e. The fourth-order valence-electron chi connectivity index (χ4n) is 2.88. The summed E-state index contributed by atoms with van der Waals surface area (Å²) in [6.07, 6.45) is 0. The molecule has 0 spiro atoms. The second-order valence-electron chi connectivity index (χ2n) is 6.23. The number of aryl methyl sites for hydroxylation is 2. The molecule has 0 unspecified atom stereocenters. The molecule has 0 aliphatic carbocycles. The first-order chi connectivity index (χ1) is 12.1. The van der Waals surface area contributed by atoms with Crippen LogP contribution in [-0.4, -0.2) is 10.8 Å². The van der Waals surface area contributed by atoms with Crippen LogP contribution in [0.15, 0.2) is 71.1 Å². The number of carbonyl (C=O) groups excluding carboxylic acids is 1. The van der Waals surface area contributed by atoms with Crippen molar-refractivity contribution in [1.82, 2.24) is 4.98 Å². The minimum absolute atomic E-state index is 0.0303. The third kappa shape index (κ3) is 2.85. The molecule has 3 heteroatoms. The van der Waals surface area contributed by atoms with E-state index in [9.17, 15) is 4.79 Å². The largest absolute Gasteiger partial charge is 0.436 e. The number of aromatic nitrogens is 1. The Hall–Kier alpha value is -3.20. The summed E-state index contributed by atoms with van der Waals surface area (Å²) >= 11 is 0. The monoisotopic (exact) mass is 327 g/mol. The van der Waals surface area contributed by atoms with Crippen molar-refractivity contribution in [1.29, 1.82) is 0 Å². The summed E-state index contributed by atoms with van der Waals surface area (Å²) in [4.78, 5) is 17.6. The summed E-state index contributed by atoms with van der Waals surface area (Å²) in [7, 11) is 0. The van der Waals surface area contributed by atoms with Crippen molar-refractivity contribution in [3.63, 3.8) is 0 Å². The maximum absolute atomic E-state index is 13.0. The van der Waals surface area contributed by atoms with Gasteiger partial charge in [-0.05, 0) is 38.1 Å². The van der Waals surface area contributed by atoms with E-state index in [1.807, 2.05) is 80.6 Å². The Labute approximate surface area is 145 Å². The lowest BCUT2D eigenvalue weighted by Gasteiger charge is -2.08. The number of ketones is 1. The first kappa shape index (κ1) is 15.3. The van der Waals surface area contributed by atoms with Crippen LogP contribution in [-0.2, 0) is 0 Å². The van der Waals surface area contributed by atoms with E-state index < -0.39 is 0 Å². The van der Waals surface area contributed by atoms with Crippen molar-refractivity contribution in [3.05, 3.63) is 89.0 Å². The van der Waals surface area contributed by atoms with Gasteiger partial charge in [-0.2, -0.15) is 0 Å². The van der Waals surface area contributed by atoms with E-state index in [2.05, 4.69) is 4.98 Å². The van der Waals surface area contributed by atoms with Gasteiger partial charge in [-0.1, -0.05) is 53.6 Å². The van der Waals surface area contributed by atoms with Gasteiger partial charge in [0.2, 0.25) is 5.89 Å². The minimum atomic E-state index is -0.0303. The molecule has 0 aliphatic heterocycles. The molecule has 0 saturated heterocycles. The van der Waals surface area contributed by atoms with Gasteiger partial charge in [0, 0.05) is 16.7 Å². The molecule has 0 aliphatic rings. The summed E-state index contributed by atoms with van der Waals surface area (Å²) < 4.78 is 5.89. The lowest BCUT2D eigenvalue weighted by Crippen LogP contribution is -2.04. The summed E-state index contributed by atoms with van der Waals surface area (Å²) in [5.41, 5.74) is 5.66. The fourth-order valence-corrected chi connectivity index (χ4v) is 2.88. The van der Waals surface area contributed by atoms with E-state index >= 15 is 0 Å². The Kier molecular flexibility index (Phi) is 3.69. The van der Waals surface area contributed by atoms with Crippen LogP contribution < -0.4 is 0 Å². The average Bonchev–Trinajstić information content (AvgIpc) is 3.06. The highest BCUT2D eigenvalue weighted by Gasteiger charge is 2.18. The fraction of sp³-hybridized carbons (Fsp3) is 0.0909. The zero-order valence-electron chi connectivity index (χ0n) is 14.1. The van der Waals surface area contributed by atoms with Gasteiger partial charge in [0.1, 0.15) is 5.52 Å². The molecule has 1 aromatic heterocycles. The topological polar surface area (TPSA) is 43.1 Å². The Morgan fingerprint density at radius 2 is 1.60 bits per heavy atom. The van der Waals surface area contributed by atoms with Crippen LogP contribution in [0.1, 0.15) is 27.0 Å². The molecule has 4 aromatic rings. The van der Waals surface area contributed by atoms with E-state index in [1.54, 1.807) is 0 Å². The van der Waals surface area contributed by atoms with Crippen molar-refractivity contribution in [2.45, 2.75) is 13.8 Å².